The van der Waals surface area contributed by atoms with Crippen LogP contribution in [0.25, 0.3) is 0 Å². The van der Waals surface area contributed by atoms with Gasteiger partial charge in [-0.3, -0.25) is 10.4 Å². The van der Waals surface area contributed by atoms with Gasteiger partial charge in [0.2, 0.25) is 5.96 Å². The molecule has 1 fully saturated rings. The average molecular weight is 274 g/mol. The second kappa shape index (κ2) is 9.08. The Hall–Kier alpha value is -0.890. The summed E-state index contributed by atoms with van der Waals surface area (Å²) in [5, 5.41) is 9.19. The Balaban J connectivity index is 2.45. The Bertz CT molecular complexity index is 276. The summed E-state index contributed by atoms with van der Waals surface area (Å²) >= 11 is 0. The van der Waals surface area contributed by atoms with Gasteiger partial charge in [0.1, 0.15) is 0 Å². The quantitative estimate of drug-likeness (QED) is 0.195. The third-order valence-electron chi connectivity index (χ3n) is 2.87. The molecule has 7 nitrogen and oxygen atoms in total. The molecule has 0 radical (unpaired) electrons. The molecule has 19 heavy (non-hydrogen) atoms. The first-order valence-corrected chi connectivity index (χ1v) is 6.81. The van der Waals surface area contributed by atoms with Crippen LogP contribution in [0.2, 0.25) is 0 Å². The zero-order chi connectivity index (χ0) is 14.1. The predicted octanol–water partition coefficient (Wildman–Crippen LogP) is -0.686. The van der Waals surface area contributed by atoms with E-state index in [0.29, 0.717) is 32.2 Å². The van der Waals surface area contributed by atoms with E-state index in [1.165, 1.54) is 0 Å². The summed E-state index contributed by atoms with van der Waals surface area (Å²) in [6.45, 7) is 7.35. The van der Waals surface area contributed by atoms with Crippen molar-refractivity contribution in [3.05, 3.63) is 0 Å². The van der Waals surface area contributed by atoms with Crippen molar-refractivity contribution in [2.45, 2.75) is 32.5 Å². The number of aliphatic imine (C=N–C) groups is 1. The van der Waals surface area contributed by atoms with Gasteiger partial charge in [-0.1, -0.05) is 0 Å². The molecule has 2 unspecified atom stereocenters. The summed E-state index contributed by atoms with van der Waals surface area (Å²) in [5.74, 6) is 6.16. The molecule has 1 heterocycles. The largest absolute Gasteiger partial charge is 0.394 e. The lowest BCUT2D eigenvalue weighted by atomic mass is 10.2. The molecule has 1 saturated heterocycles. The maximum atomic E-state index is 9.19. The average Bonchev–Trinajstić information content (AvgIpc) is 2.42. The van der Waals surface area contributed by atoms with Gasteiger partial charge in [0.05, 0.1) is 18.8 Å². The highest BCUT2D eigenvalue weighted by atomic mass is 16.5. The summed E-state index contributed by atoms with van der Waals surface area (Å²) in [5.41, 5.74) is 2.63. The zero-order valence-electron chi connectivity index (χ0n) is 11.8. The number of ether oxygens (including phenoxy) is 2. The fourth-order valence-electron chi connectivity index (χ4n) is 2.05. The highest BCUT2D eigenvalue weighted by Crippen LogP contribution is 2.10. The Morgan fingerprint density at radius 2 is 2.37 bits per heavy atom. The molecule has 112 valence electrons. The molecule has 0 bridgehead atoms. The SMILES string of the molecule is CCOCCCN=C(NN)N1CC(C)OC(CO)C1. The Labute approximate surface area is 114 Å². The third kappa shape index (κ3) is 5.73. The van der Waals surface area contributed by atoms with Crippen LogP contribution in [0.3, 0.4) is 0 Å². The van der Waals surface area contributed by atoms with Crippen LogP contribution in [-0.2, 0) is 9.47 Å². The molecule has 1 aliphatic rings. The van der Waals surface area contributed by atoms with Gasteiger partial charge in [-0.05, 0) is 20.3 Å². The number of hydrogen-bond donors (Lipinski definition) is 3. The molecule has 0 amide bonds. The fourth-order valence-corrected chi connectivity index (χ4v) is 2.05. The summed E-state index contributed by atoms with van der Waals surface area (Å²) in [7, 11) is 0. The number of nitrogens with one attached hydrogen (secondary N) is 1. The Morgan fingerprint density at radius 1 is 1.58 bits per heavy atom. The number of aliphatic hydroxyl groups excluding tert-OH is 1. The van der Waals surface area contributed by atoms with Gasteiger partial charge in [-0.25, -0.2) is 5.84 Å². The molecule has 0 aliphatic carbocycles. The van der Waals surface area contributed by atoms with Crippen molar-refractivity contribution in [1.29, 1.82) is 0 Å². The van der Waals surface area contributed by atoms with Crippen molar-refractivity contribution < 1.29 is 14.6 Å². The zero-order valence-corrected chi connectivity index (χ0v) is 11.8. The van der Waals surface area contributed by atoms with E-state index in [0.717, 1.165) is 13.0 Å². The second-order valence-corrected chi connectivity index (χ2v) is 4.56. The van der Waals surface area contributed by atoms with Gasteiger partial charge >= 0.3 is 0 Å². The van der Waals surface area contributed by atoms with Crippen LogP contribution in [-0.4, -0.2) is 67.6 Å². The third-order valence-corrected chi connectivity index (χ3v) is 2.87. The molecule has 7 heteroatoms. The fraction of sp³-hybridized carbons (Fsp3) is 0.917. The highest BCUT2D eigenvalue weighted by Gasteiger charge is 2.26. The second-order valence-electron chi connectivity index (χ2n) is 4.56. The van der Waals surface area contributed by atoms with Crippen molar-refractivity contribution in [1.82, 2.24) is 10.3 Å². The van der Waals surface area contributed by atoms with Crippen molar-refractivity contribution in [2.24, 2.45) is 10.8 Å². The van der Waals surface area contributed by atoms with Gasteiger partial charge in [-0.2, -0.15) is 0 Å². The van der Waals surface area contributed by atoms with E-state index in [1.807, 2.05) is 18.7 Å². The van der Waals surface area contributed by atoms with Crippen LogP contribution < -0.4 is 11.3 Å². The molecule has 0 saturated carbocycles. The molecule has 4 N–H and O–H groups in total. The van der Waals surface area contributed by atoms with E-state index < -0.39 is 0 Å². The number of guanidine groups is 1. The summed E-state index contributed by atoms with van der Waals surface area (Å²) in [6, 6.07) is 0. The minimum Gasteiger partial charge on any atom is -0.394 e. The number of hydrazine groups is 1. The van der Waals surface area contributed by atoms with E-state index in [4.69, 9.17) is 15.3 Å². The monoisotopic (exact) mass is 274 g/mol. The lowest BCUT2D eigenvalue weighted by Gasteiger charge is -2.37. The van der Waals surface area contributed by atoms with Crippen molar-refractivity contribution in [3.8, 4) is 0 Å². The van der Waals surface area contributed by atoms with Crippen LogP contribution in [0, 0.1) is 0 Å². The molecule has 0 spiro atoms. The molecule has 0 aromatic heterocycles. The minimum atomic E-state index is -0.189. The van der Waals surface area contributed by atoms with Gasteiger partial charge < -0.3 is 19.5 Å². The Kier molecular flexibility index (Phi) is 7.73. The molecule has 0 aromatic rings. The number of nitrogens with zero attached hydrogens (tertiary/aromatic N) is 2. The van der Waals surface area contributed by atoms with E-state index in [1.54, 1.807) is 0 Å². The van der Waals surface area contributed by atoms with Crippen LogP contribution in [0.1, 0.15) is 20.3 Å². The van der Waals surface area contributed by atoms with E-state index in [2.05, 4.69) is 10.4 Å². The van der Waals surface area contributed by atoms with Crippen molar-refractivity contribution in [3.63, 3.8) is 0 Å². The molecule has 1 aliphatic heterocycles. The predicted molar refractivity (Wildman–Crippen MR) is 73.7 cm³/mol. The van der Waals surface area contributed by atoms with Gasteiger partial charge in [0.25, 0.3) is 0 Å². The Morgan fingerprint density at radius 3 is 3.00 bits per heavy atom. The van der Waals surface area contributed by atoms with E-state index in [-0.39, 0.29) is 18.8 Å². The summed E-state index contributed by atoms with van der Waals surface area (Å²) in [6.07, 6.45) is 0.723. The highest BCUT2D eigenvalue weighted by molar-refractivity contribution is 5.79. The normalized spacial score (nSPS) is 24.6. The standard InChI is InChI=1S/C12H26N4O3/c1-3-18-6-4-5-14-12(15-13)16-7-10(2)19-11(8-16)9-17/h10-11,17H,3-9,13H2,1-2H3,(H,14,15). The summed E-state index contributed by atoms with van der Waals surface area (Å²) in [4.78, 5) is 6.44. The smallest absolute Gasteiger partial charge is 0.208 e. The van der Waals surface area contributed by atoms with Gasteiger partial charge in [0, 0.05) is 32.8 Å². The lowest BCUT2D eigenvalue weighted by molar-refractivity contribution is -0.0792. The molecular formula is C12H26N4O3. The van der Waals surface area contributed by atoms with Crippen molar-refractivity contribution >= 4 is 5.96 Å². The minimum absolute atomic E-state index is 0.00301. The molecule has 1 rings (SSSR count). The van der Waals surface area contributed by atoms with E-state index >= 15 is 0 Å². The first-order valence-electron chi connectivity index (χ1n) is 6.81. The molecule has 0 aromatic carbocycles. The topological polar surface area (TPSA) is 92.3 Å². The maximum absolute atomic E-state index is 9.19. The van der Waals surface area contributed by atoms with Gasteiger partial charge in [0.15, 0.2) is 0 Å². The van der Waals surface area contributed by atoms with Crippen LogP contribution in [0.15, 0.2) is 4.99 Å². The van der Waals surface area contributed by atoms with Crippen molar-refractivity contribution in [2.75, 3.05) is 39.5 Å². The summed E-state index contributed by atoms with van der Waals surface area (Å²) < 4.78 is 10.8. The lowest BCUT2D eigenvalue weighted by Crippen LogP contribution is -2.55. The first-order chi connectivity index (χ1) is 9.21. The first kappa shape index (κ1) is 16.2. The number of nitrogens with two attached hydrogens (primary N) is 1. The van der Waals surface area contributed by atoms with E-state index in [9.17, 15) is 5.11 Å². The number of aliphatic hydroxyl groups is 1. The molecule has 2 atom stereocenters. The number of hydrogen-bond acceptors (Lipinski definition) is 5. The van der Waals surface area contributed by atoms with Crippen LogP contribution in [0.5, 0.6) is 0 Å². The maximum Gasteiger partial charge on any atom is 0.208 e. The van der Waals surface area contributed by atoms with Crippen LogP contribution >= 0.6 is 0 Å². The molecular weight excluding hydrogens is 248 g/mol. The van der Waals surface area contributed by atoms with Crippen LogP contribution in [0.4, 0.5) is 0 Å². The van der Waals surface area contributed by atoms with Gasteiger partial charge in [-0.15, -0.1) is 0 Å². The number of morpholine rings is 1. The number of rotatable bonds is 6.